The Kier molecular flexibility index (Phi) is 3.62. The summed E-state index contributed by atoms with van der Waals surface area (Å²) in [4.78, 5) is 4.77. The summed E-state index contributed by atoms with van der Waals surface area (Å²) in [6.45, 7) is 2.92. The number of fused-ring (bicyclic) bond motifs is 1. The van der Waals surface area contributed by atoms with E-state index in [1.165, 1.54) is 48.1 Å². The van der Waals surface area contributed by atoms with Gasteiger partial charge in [-0.15, -0.1) is 0 Å². The molecule has 1 N–H and O–H groups in total. The number of benzene rings is 1. The molecule has 0 bridgehead atoms. The van der Waals surface area contributed by atoms with E-state index < -0.39 is 0 Å². The van der Waals surface area contributed by atoms with Crippen LogP contribution in [0.15, 0.2) is 18.2 Å². The molecule has 1 aromatic heterocycles. The van der Waals surface area contributed by atoms with E-state index >= 15 is 0 Å². The predicted octanol–water partition coefficient (Wildman–Crippen LogP) is 2.99. The zero-order chi connectivity index (χ0) is 14.1. The number of nitrogens with one attached hydrogen (secondary N) is 1. The van der Waals surface area contributed by atoms with Crippen molar-refractivity contribution in [3.63, 3.8) is 0 Å². The van der Waals surface area contributed by atoms with Crippen LogP contribution in [0.1, 0.15) is 35.5 Å². The van der Waals surface area contributed by atoms with Gasteiger partial charge in [0.05, 0.1) is 11.4 Å². The van der Waals surface area contributed by atoms with E-state index in [0.29, 0.717) is 0 Å². The first-order valence-electron chi connectivity index (χ1n) is 7.49. The fraction of sp³-hybridized carbons (Fsp3) is 0.471. The van der Waals surface area contributed by atoms with E-state index in [4.69, 9.17) is 4.98 Å². The summed E-state index contributed by atoms with van der Waals surface area (Å²) < 4.78 is 2.19. The molecule has 0 unspecified atom stereocenters. The largest absolute Gasteiger partial charge is 0.334 e. The molecule has 0 spiro atoms. The van der Waals surface area contributed by atoms with Crippen molar-refractivity contribution in [1.82, 2.24) is 14.9 Å². The molecule has 0 saturated carbocycles. The van der Waals surface area contributed by atoms with Crippen molar-refractivity contribution < 1.29 is 0 Å². The smallest absolute Gasteiger partial charge is 0.106 e. The van der Waals surface area contributed by atoms with Crippen LogP contribution in [0.5, 0.6) is 0 Å². The lowest BCUT2D eigenvalue weighted by Gasteiger charge is -2.16. The van der Waals surface area contributed by atoms with Crippen LogP contribution in [-0.4, -0.2) is 16.6 Å². The predicted molar refractivity (Wildman–Crippen MR) is 82.8 cm³/mol. The maximum Gasteiger partial charge on any atom is 0.106 e. The number of aromatic nitrogens is 2. The lowest BCUT2D eigenvalue weighted by molar-refractivity contribution is 0.686. The molecule has 1 aromatic carbocycles. The topological polar surface area (TPSA) is 29.9 Å². The van der Waals surface area contributed by atoms with E-state index in [1.807, 2.05) is 7.05 Å². The van der Waals surface area contributed by atoms with Crippen LogP contribution in [0.4, 0.5) is 0 Å². The van der Waals surface area contributed by atoms with Crippen molar-refractivity contribution in [3.8, 4) is 11.3 Å². The molecule has 0 aliphatic heterocycles. The van der Waals surface area contributed by atoms with Crippen LogP contribution in [0.2, 0.25) is 0 Å². The van der Waals surface area contributed by atoms with Gasteiger partial charge in [0.15, 0.2) is 0 Å². The molecule has 0 amide bonds. The van der Waals surface area contributed by atoms with Gasteiger partial charge in [-0.3, -0.25) is 0 Å². The highest BCUT2D eigenvalue weighted by Crippen LogP contribution is 2.29. The lowest BCUT2D eigenvalue weighted by Crippen LogP contribution is -2.11. The average molecular weight is 269 g/mol. The molecule has 0 saturated heterocycles. The molecular weight excluding hydrogens is 246 g/mol. The highest BCUT2D eigenvalue weighted by atomic mass is 15.1. The monoisotopic (exact) mass is 269 g/mol. The Balaban J connectivity index is 2.06. The number of aryl methyl sites for hydroxylation is 3. The molecule has 2 aromatic rings. The normalized spacial score (nSPS) is 14.3. The molecule has 0 atom stereocenters. The van der Waals surface area contributed by atoms with Crippen LogP contribution in [0, 0.1) is 6.92 Å². The Morgan fingerprint density at radius 3 is 2.70 bits per heavy atom. The second-order valence-corrected chi connectivity index (χ2v) is 5.73. The van der Waals surface area contributed by atoms with Gasteiger partial charge in [-0.05, 0) is 56.8 Å². The Hall–Kier alpha value is -1.61. The zero-order valence-corrected chi connectivity index (χ0v) is 12.7. The minimum Gasteiger partial charge on any atom is -0.334 e. The number of hydrogen-bond donors (Lipinski definition) is 1. The van der Waals surface area contributed by atoms with Crippen LogP contribution in [-0.2, 0) is 26.4 Å². The van der Waals surface area contributed by atoms with Gasteiger partial charge >= 0.3 is 0 Å². The van der Waals surface area contributed by atoms with Crippen molar-refractivity contribution in [2.24, 2.45) is 7.05 Å². The standard InChI is InChI=1S/C17H23N3/c1-12-19-17(16(11-18-2)20(12)3)15-9-8-13-6-4-5-7-14(13)10-15/h8-10,18H,4-7,11H2,1-3H3. The van der Waals surface area contributed by atoms with E-state index in [-0.39, 0.29) is 0 Å². The number of nitrogens with zero attached hydrogens (tertiary/aromatic N) is 2. The summed E-state index contributed by atoms with van der Waals surface area (Å²) >= 11 is 0. The minimum atomic E-state index is 0.851. The fourth-order valence-corrected chi connectivity index (χ4v) is 3.14. The van der Waals surface area contributed by atoms with Gasteiger partial charge in [-0.1, -0.05) is 12.1 Å². The molecule has 1 aliphatic carbocycles. The van der Waals surface area contributed by atoms with Gasteiger partial charge in [0.1, 0.15) is 5.82 Å². The van der Waals surface area contributed by atoms with E-state index in [9.17, 15) is 0 Å². The van der Waals surface area contributed by atoms with Crippen LogP contribution < -0.4 is 5.32 Å². The third-order valence-electron chi connectivity index (χ3n) is 4.40. The quantitative estimate of drug-likeness (QED) is 0.928. The van der Waals surface area contributed by atoms with Gasteiger partial charge in [0.25, 0.3) is 0 Å². The third-order valence-corrected chi connectivity index (χ3v) is 4.40. The first kappa shape index (κ1) is 13.4. The number of hydrogen-bond acceptors (Lipinski definition) is 2. The SMILES string of the molecule is CNCc1c(-c2ccc3c(c2)CCCC3)nc(C)n1C. The Morgan fingerprint density at radius 2 is 1.95 bits per heavy atom. The summed E-state index contributed by atoms with van der Waals surface area (Å²) in [6.07, 6.45) is 5.11. The molecule has 1 aliphatic rings. The van der Waals surface area contributed by atoms with Gasteiger partial charge in [-0.25, -0.2) is 4.98 Å². The molecule has 106 valence electrons. The first-order chi connectivity index (χ1) is 9.70. The van der Waals surface area contributed by atoms with Crippen molar-refractivity contribution in [3.05, 3.63) is 40.8 Å². The fourth-order valence-electron chi connectivity index (χ4n) is 3.14. The molecule has 3 heteroatoms. The van der Waals surface area contributed by atoms with Gasteiger partial charge < -0.3 is 9.88 Å². The molecule has 1 heterocycles. The van der Waals surface area contributed by atoms with Crippen molar-refractivity contribution in [1.29, 1.82) is 0 Å². The highest BCUT2D eigenvalue weighted by Gasteiger charge is 2.16. The summed E-state index contributed by atoms with van der Waals surface area (Å²) in [5.41, 5.74) is 6.71. The molecule has 0 fully saturated rings. The number of rotatable bonds is 3. The maximum atomic E-state index is 4.77. The van der Waals surface area contributed by atoms with Gasteiger partial charge in [0, 0.05) is 19.2 Å². The second kappa shape index (κ2) is 5.41. The summed E-state index contributed by atoms with van der Waals surface area (Å²) in [6, 6.07) is 6.90. The zero-order valence-electron chi connectivity index (χ0n) is 12.7. The van der Waals surface area contributed by atoms with Crippen LogP contribution >= 0.6 is 0 Å². The summed E-state index contributed by atoms with van der Waals surface area (Å²) in [5.74, 6) is 1.07. The van der Waals surface area contributed by atoms with Crippen molar-refractivity contribution >= 4 is 0 Å². The molecule has 3 rings (SSSR count). The van der Waals surface area contributed by atoms with E-state index in [1.54, 1.807) is 0 Å². The maximum absolute atomic E-state index is 4.77. The second-order valence-electron chi connectivity index (χ2n) is 5.73. The minimum absolute atomic E-state index is 0.851. The lowest BCUT2D eigenvalue weighted by atomic mass is 9.90. The Labute approximate surface area is 121 Å². The molecule has 0 radical (unpaired) electrons. The van der Waals surface area contributed by atoms with E-state index in [2.05, 4.69) is 42.1 Å². The molecular formula is C17H23N3. The van der Waals surface area contributed by atoms with Crippen molar-refractivity contribution in [2.75, 3.05) is 7.05 Å². The highest BCUT2D eigenvalue weighted by molar-refractivity contribution is 5.64. The van der Waals surface area contributed by atoms with Gasteiger partial charge in [-0.2, -0.15) is 0 Å². The Morgan fingerprint density at radius 1 is 1.20 bits per heavy atom. The van der Waals surface area contributed by atoms with Crippen molar-refractivity contribution in [2.45, 2.75) is 39.2 Å². The van der Waals surface area contributed by atoms with Crippen LogP contribution in [0.25, 0.3) is 11.3 Å². The summed E-state index contributed by atoms with van der Waals surface area (Å²) in [5, 5.41) is 3.25. The van der Waals surface area contributed by atoms with E-state index in [0.717, 1.165) is 18.1 Å². The molecule has 3 nitrogen and oxygen atoms in total. The first-order valence-corrected chi connectivity index (χ1v) is 7.49. The summed E-state index contributed by atoms with van der Waals surface area (Å²) in [7, 11) is 4.08. The Bertz CT molecular complexity index is 625. The number of imidazole rings is 1. The van der Waals surface area contributed by atoms with Gasteiger partial charge in [0.2, 0.25) is 0 Å². The molecule has 20 heavy (non-hydrogen) atoms. The average Bonchev–Trinajstić information content (AvgIpc) is 2.75. The van der Waals surface area contributed by atoms with Crippen LogP contribution in [0.3, 0.4) is 0 Å². The third kappa shape index (κ3) is 2.27.